The smallest absolute Gasteiger partial charge is 0.338 e. The number of fused-ring (bicyclic) bond motifs is 1. The number of benzene rings is 1. The largest absolute Gasteiger partial charge is 0.408 e. The van der Waals surface area contributed by atoms with E-state index in [0.29, 0.717) is 28.4 Å². The standard InChI is InChI=1S/C21H24F3N5O/c1-12-10-14(6-7-15(12)18(28(2)3)21(22,23)24)26-19-17-16(8-9-25-20(17)30)29(27-19)11-13-4-5-13/h6-10,13,18H,4-5,11H2,1-3H3,(H,25,30)(H,26,27). The summed E-state index contributed by atoms with van der Waals surface area (Å²) in [7, 11) is 2.82. The zero-order valence-electron chi connectivity index (χ0n) is 17.0. The van der Waals surface area contributed by atoms with Crippen LogP contribution in [0.4, 0.5) is 24.7 Å². The molecule has 2 aromatic heterocycles. The number of nitrogens with zero attached hydrogens (tertiary/aromatic N) is 3. The van der Waals surface area contributed by atoms with Gasteiger partial charge in [-0.2, -0.15) is 18.3 Å². The molecule has 0 radical (unpaired) electrons. The fourth-order valence-corrected chi connectivity index (χ4v) is 3.85. The Labute approximate surface area is 171 Å². The van der Waals surface area contributed by atoms with Gasteiger partial charge in [-0.15, -0.1) is 0 Å². The number of halogens is 3. The number of nitrogens with one attached hydrogen (secondary N) is 2. The predicted octanol–water partition coefficient (Wildman–Crippen LogP) is 4.35. The van der Waals surface area contributed by atoms with Crippen LogP contribution in [0, 0.1) is 12.8 Å². The van der Waals surface area contributed by atoms with Gasteiger partial charge in [-0.3, -0.25) is 14.4 Å². The molecule has 160 valence electrons. The van der Waals surface area contributed by atoms with Crippen molar-refractivity contribution >= 4 is 22.4 Å². The summed E-state index contributed by atoms with van der Waals surface area (Å²) < 4.78 is 42.4. The molecule has 1 aliphatic carbocycles. The molecule has 0 amide bonds. The zero-order valence-corrected chi connectivity index (χ0v) is 17.0. The topological polar surface area (TPSA) is 66.0 Å². The van der Waals surface area contributed by atoms with Gasteiger partial charge < -0.3 is 10.3 Å². The number of aromatic amines is 1. The molecule has 2 N–H and O–H groups in total. The third-order valence-electron chi connectivity index (χ3n) is 5.46. The van der Waals surface area contributed by atoms with Crippen molar-refractivity contribution in [3.8, 4) is 0 Å². The molecule has 2 heterocycles. The second-order valence-electron chi connectivity index (χ2n) is 8.15. The van der Waals surface area contributed by atoms with Crippen molar-refractivity contribution in [1.82, 2.24) is 19.7 Å². The van der Waals surface area contributed by atoms with Crippen molar-refractivity contribution in [3.05, 3.63) is 51.9 Å². The van der Waals surface area contributed by atoms with Crippen molar-refractivity contribution in [1.29, 1.82) is 0 Å². The van der Waals surface area contributed by atoms with E-state index in [4.69, 9.17) is 0 Å². The van der Waals surface area contributed by atoms with Crippen LogP contribution in [0.5, 0.6) is 0 Å². The van der Waals surface area contributed by atoms with E-state index in [0.717, 1.165) is 29.8 Å². The number of aromatic nitrogens is 3. The van der Waals surface area contributed by atoms with Crippen LogP contribution in [0.2, 0.25) is 0 Å². The summed E-state index contributed by atoms with van der Waals surface area (Å²) in [5, 5.41) is 8.15. The second kappa shape index (κ2) is 7.46. The van der Waals surface area contributed by atoms with Crippen LogP contribution < -0.4 is 10.9 Å². The van der Waals surface area contributed by atoms with Crippen LogP contribution in [0.3, 0.4) is 0 Å². The molecule has 1 unspecified atom stereocenters. The predicted molar refractivity (Wildman–Crippen MR) is 110 cm³/mol. The van der Waals surface area contributed by atoms with Gasteiger partial charge in [0.25, 0.3) is 5.56 Å². The lowest BCUT2D eigenvalue weighted by Crippen LogP contribution is -2.33. The van der Waals surface area contributed by atoms with E-state index in [9.17, 15) is 18.0 Å². The molecule has 0 bridgehead atoms. The monoisotopic (exact) mass is 419 g/mol. The Morgan fingerprint density at radius 1 is 1.30 bits per heavy atom. The molecule has 0 aliphatic heterocycles. The molecular weight excluding hydrogens is 395 g/mol. The SMILES string of the molecule is Cc1cc(Nc2nn(CC3CC3)c3cc[nH]c(=O)c23)ccc1C(N(C)C)C(F)(F)F. The van der Waals surface area contributed by atoms with E-state index in [1.165, 1.54) is 20.2 Å². The van der Waals surface area contributed by atoms with Gasteiger partial charge in [0.05, 0.1) is 5.52 Å². The highest BCUT2D eigenvalue weighted by molar-refractivity contribution is 5.91. The van der Waals surface area contributed by atoms with Crippen LogP contribution >= 0.6 is 0 Å². The molecule has 1 saturated carbocycles. The third-order valence-corrected chi connectivity index (χ3v) is 5.46. The van der Waals surface area contributed by atoms with Crippen molar-refractivity contribution in [2.24, 2.45) is 5.92 Å². The molecule has 6 nitrogen and oxygen atoms in total. The molecule has 1 atom stereocenters. The summed E-state index contributed by atoms with van der Waals surface area (Å²) in [5.41, 5.74) is 1.77. The first kappa shape index (κ1) is 20.5. The molecule has 1 aromatic carbocycles. The van der Waals surface area contributed by atoms with Crippen LogP contribution in [0.15, 0.2) is 35.3 Å². The van der Waals surface area contributed by atoms with E-state index in [2.05, 4.69) is 15.4 Å². The average molecular weight is 419 g/mol. The quantitative estimate of drug-likeness (QED) is 0.623. The Morgan fingerprint density at radius 3 is 2.63 bits per heavy atom. The molecule has 4 rings (SSSR count). The van der Waals surface area contributed by atoms with E-state index in [1.54, 1.807) is 25.3 Å². The molecule has 30 heavy (non-hydrogen) atoms. The van der Waals surface area contributed by atoms with Crippen LogP contribution in [-0.2, 0) is 6.54 Å². The highest BCUT2D eigenvalue weighted by Crippen LogP contribution is 2.38. The van der Waals surface area contributed by atoms with Gasteiger partial charge in [0.15, 0.2) is 5.82 Å². The summed E-state index contributed by atoms with van der Waals surface area (Å²) in [5.74, 6) is 0.978. The van der Waals surface area contributed by atoms with Gasteiger partial charge in [0.2, 0.25) is 0 Å². The highest BCUT2D eigenvalue weighted by atomic mass is 19.4. The Bertz CT molecular complexity index is 1130. The lowest BCUT2D eigenvalue weighted by Gasteiger charge is -2.28. The number of rotatable bonds is 6. The number of anilines is 2. The molecule has 0 spiro atoms. The molecule has 1 fully saturated rings. The minimum absolute atomic E-state index is 0.194. The average Bonchev–Trinajstić information content (AvgIpc) is 3.38. The lowest BCUT2D eigenvalue weighted by atomic mass is 9.99. The molecule has 3 aromatic rings. The maximum absolute atomic E-state index is 13.5. The minimum atomic E-state index is -4.38. The molecule has 9 heteroatoms. The van der Waals surface area contributed by atoms with Gasteiger partial charge in [-0.25, -0.2) is 0 Å². The number of alkyl halides is 3. The third kappa shape index (κ3) is 3.94. The van der Waals surface area contributed by atoms with E-state index >= 15 is 0 Å². The van der Waals surface area contributed by atoms with Gasteiger partial charge in [-0.1, -0.05) is 6.07 Å². The summed E-state index contributed by atoms with van der Waals surface area (Å²) in [6.07, 6.45) is -0.480. The second-order valence-corrected chi connectivity index (χ2v) is 8.15. The fraction of sp³-hybridized carbons (Fsp3) is 0.429. The number of hydrogen-bond donors (Lipinski definition) is 2. The van der Waals surface area contributed by atoms with Crippen LogP contribution in [0.1, 0.15) is 30.0 Å². The molecular formula is C21H24F3N5O. The van der Waals surface area contributed by atoms with Crippen molar-refractivity contribution < 1.29 is 13.2 Å². The van der Waals surface area contributed by atoms with Gasteiger partial charge in [-0.05, 0) is 69.1 Å². The van der Waals surface area contributed by atoms with Crippen LogP contribution in [0.25, 0.3) is 10.9 Å². The zero-order chi connectivity index (χ0) is 21.6. The Kier molecular flexibility index (Phi) is 5.09. The molecule has 0 saturated heterocycles. The molecule has 1 aliphatic rings. The van der Waals surface area contributed by atoms with Crippen molar-refractivity contribution in [2.75, 3.05) is 19.4 Å². The first-order valence-corrected chi connectivity index (χ1v) is 9.84. The van der Waals surface area contributed by atoms with Gasteiger partial charge in [0.1, 0.15) is 11.4 Å². The maximum atomic E-state index is 13.5. The number of H-pyrrole nitrogens is 1. The normalized spacial score (nSPS) is 15.7. The van der Waals surface area contributed by atoms with E-state index in [1.807, 2.05) is 10.7 Å². The first-order valence-electron chi connectivity index (χ1n) is 9.84. The van der Waals surface area contributed by atoms with E-state index < -0.39 is 12.2 Å². The van der Waals surface area contributed by atoms with E-state index in [-0.39, 0.29) is 11.1 Å². The maximum Gasteiger partial charge on any atom is 0.408 e. The van der Waals surface area contributed by atoms with Crippen molar-refractivity contribution in [2.45, 2.75) is 38.5 Å². The minimum Gasteiger partial charge on any atom is -0.338 e. The van der Waals surface area contributed by atoms with Gasteiger partial charge >= 0.3 is 6.18 Å². The fourth-order valence-electron chi connectivity index (χ4n) is 3.85. The first-order chi connectivity index (χ1) is 14.1. The highest BCUT2D eigenvalue weighted by Gasteiger charge is 2.43. The lowest BCUT2D eigenvalue weighted by molar-refractivity contribution is -0.179. The Morgan fingerprint density at radius 2 is 2.03 bits per heavy atom. The summed E-state index contributed by atoms with van der Waals surface area (Å²) >= 11 is 0. The number of pyridine rings is 1. The Balaban J connectivity index is 1.69. The Hall–Kier alpha value is -2.81. The number of aryl methyl sites for hydroxylation is 1. The summed E-state index contributed by atoms with van der Waals surface area (Å²) in [6.45, 7) is 2.40. The number of hydrogen-bond acceptors (Lipinski definition) is 4. The van der Waals surface area contributed by atoms with Crippen LogP contribution in [-0.4, -0.2) is 39.9 Å². The summed E-state index contributed by atoms with van der Waals surface area (Å²) in [6, 6.07) is 4.85. The van der Waals surface area contributed by atoms with Crippen molar-refractivity contribution in [3.63, 3.8) is 0 Å². The van der Waals surface area contributed by atoms with Gasteiger partial charge in [0, 0.05) is 18.4 Å². The summed E-state index contributed by atoms with van der Waals surface area (Å²) in [4.78, 5) is 16.2.